The number of benzene rings is 4. The van der Waals surface area contributed by atoms with Crippen molar-refractivity contribution in [3.63, 3.8) is 0 Å². The fourth-order valence-corrected chi connectivity index (χ4v) is 5.22. The Morgan fingerprint density at radius 2 is 1.21 bits per heavy atom. The van der Waals surface area contributed by atoms with Crippen molar-refractivity contribution in [2.45, 2.75) is 31.4 Å². The highest BCUT2D eigenvalue weighted by Crippen LogP contribution is 2.40. The van der Waals surface area contributed by atoms with Gasteiger partial charge in [0.1, 0.15) is 5.60 Å². The van der Waals surface area contributed by atoms with Gasteiger partial charge in [0, 0.05) is 19.4 Å². The molecule has 0 aliphatic carbocycles. The van der Waals surface area contributed by atoms with Crippen LogP contribution in [0.25, 0.3) is 0 Å². The molecule has 7 nitrogen and oxygen atoms in total. The number of nitrogens with zero attached hydrogens (tertiary/aromatic N) is 2. The Labute approximate surface area is 251 Å². The van der Waals surface area contributed by atoms with Gasteiger partial charge in [0.15, 0.2) is 0 Å². The normalized spacial score (nSPS) is 12.2. The lowest BCUT2D eigenvalue weighted by atomic mass is 9.80. The van der Waals surface area contributed by atoms with Gasteiger partial charge < -0.3 is 14.2 Å². The second-order valence-electron chi connectivity index (χ2n) is 10.2. The van der Waals surface area contributed by atoms with Crippen molar-refractivity contribution in [3.05, 3.63) is 177 Å². The van der Waals surface area contributed by atoms with Gasteiger partial charge in [0.05, 0.1) is 39.0 Å². The molecule has 5 aromatic rings. The highest BCUT2D eigenvalue weighted by Gasteiger charge is 2.38. The van der Waals surface area contributed by atoms with E-state index in [1.807, 2.05) is 84.9 Å². The summed E-state index contributed by atoms with van der Waals surface area (Å²) in [6.07, 6.45) is 1.03. The zero-order chi connectivity index (χ0) is 29.9. The predicted molar refractivity (Wildman–Crippen MR) is 167 cm³/mol. The number of hydrogen-bond acceptors (Lipinski definition) is 5. The molecule has 1 aromatic heterocycles. The summed E-state index contributed by atoms with van der Waals surface area (Å²) in [4.78, 5) is 25.9. The molecule has 0 fully saturated rings. The van der Waals surface area contributed by atoms with E-state index < -0.39 is 17.4 Å². The Balaban J connectivity index is 1.37. The highest BCUT2D eigenvalue weighted by atomic mass is 16.5. The van der Waals surface area contributed by atoms with Crippen LogP contribution in [0, 0.1) is 0 Å². The molecule has 43 heavy (non-hydrogen) atoms. The van der Waals surface area contributed by atoms with Crippen LogP contribution in [0.2, 0.25) is 0 Å². The van der Waals surface area contributed by atoms with E-state index in [1.165, 1.54) is 21.4 Å². The SMILES string of the molecule is COC(COC(c1ccccc1)(c1ccccc1)c1ccccc1)Cn1ccc(=O)n(CCOCc2ccccc2)c1=O. The molecule has 0 aliphatic heterocycles. The van der Waals surface area contributed by atoms with Gasteiger partial charge >= 0.3 is 5.69 Å². The van der Waals surface area contributed by atoms with Crippen LogP contribution in [0.4, 0.5) is 0 Å². The minimum Gasteiger partial charge on any atom is -0.377 e. The van der Waals surface area contributed by atoms with Crippen molar-refractivity contribution < 1.29 is 14.2 Å². The summed E-state index contributed by atoms with van der Waals surface area (Å²) in [7, 11) is 1.60. The molecule has 0 N–H and O–H groups in total. The van der Waals surface area contributed by atoms with Crippen molar-refractivity contribution in [2.24, 2.45) is 0 Å². The van der Waals surface area contributed by atoms with Crippen molar-refractivity contribution >= 4 is 0 Å². The lowest BCUT2D eigenvalue weighted by Crippen LogP contribution is -2.43. The van der Waals surface area contributed by atoms with Gasteiger partial charge in [0.25, 0.3) is 5.56 Å². The summed E-state index contributed by atoms with van der Waals surface area (Å²) in [5.74, 6) is 0. The molecule has 7 heteroatoms. The van der Waals surface area contributed by atoms with E-state index in [2.05, 4.69) is 36.4 Å². The van der Waals surface area contributed by atoms with E-state index in [1.54, 1.807) is 7.11 Å². The molecular formula is C36H36N2O5. The minimum atomic E-state index is -0.916. The van der Waals surface area contributed by atoms with E-state index in [9.17, 15) is 9.59 Å². The molecule has 0 radical (unpaired) electrons. The smallest absolute Gasteiger partial charge is 0.331 e. The maximum Gasteiger partial charge on any atom is 0.331 e. The quantitative estimate of drug-likeness (QED) is 0.133. The van der Waals surface area contributed by atoms with Gasteiger partial charge in [-0.2, -0.15) is 0 Å². The molecule has 1 heterocycles. The first-order chi connectivity index (χ1) is 21.1. The van der Waals surface area contributed by atoms with E-state index in [4.69, 9.17) is 14.2 Å². The maximum absolute atomic E-state index is 13.3. The molecule has 1 atom stereocenters. The average Bonchev–Trinajstić information content (AvgIpc) is 3.07. The third-order valence-electron chi connectivity index (χ3n) is 7.47. The molecule has 0 saturated heterocycles. The third-order valence-corrected chi connectivity index (χ3v) is 7.47. The van der Waals surface area contributed by atoms with Gasteiger partial charge in [-0.25, -0.2) is 4.79 Å². The Morgan fingerprint density at radius 3 is 1.72 bits per heavy atom. The predicted octanol–water partition coefficient (Wildman–Crippen LogP) is 5.25. The van der Waals surface area contributed by atoms with Gasteiger partial charge in [-0.1, -0.05) is 121 Å². The Bertz CT molecular complexity index is 1570. The topological polar surface area (TPSA) is 71.7 Å². The Morgan fingerprint density at radius 1 is 0.698 bits per heavy atom. The standard InChI is InChI=1S/C36H36N2O5/c1-41-33(26-37-23-22-34(39)38(35(37)40)24-25-42-27-29-14-6-2-7-15-29)28-43-36(30-16-8-3-9-17-30,31-18-10-4-11-19-31)32-20-12-5-13-21-32/h2-23,33H,24-28H2,1H3. The molecule has 220 valence electrons. The van der Waals surface area contributed by atoms with Crippen molar-refractivity contribution in [1.82, 2.24) is 9.13 Å². The molecular weight excluding hydrogens is 540 g/mol. The summed E-state index contributed by atoms with van der Waals surface area (Å²) in [6, 6.07) is 41.5. The average molecular weight is 577 g/mol. The summed E-state index contributed by atoms with van der Waals surface area (Å²) >= 11 is 0. The zero-order valence-corrected chi connectivity index (χ0v) is 24.3. The van der Waals surface area contributed by atoms with Crippen LogP contribution >= 0.6 is 0 Å². The maximum atomic E-state index is 13.3. The first kappa shape index (κ1) is 29.9. The van der Waals surface area contributed by atoms with Crippen LogP contribution in [0.1, 0.15) is 22.3 Å². The summed E-state index contributed by atoms with van der Waals surface area (Å²) in [6.45, 7) is 1.18. The lowest BCUT2D eigenvalue weighted by molar-refractivity contribution is -0.0569. The molecule has 4 aromatic carbocycles. The second kappa shape index (κ2) is 14.6. The molecule has 0 spiro atoms. The van der Waals surface area contributed by atoms with E-state index in [0.29, 0.717) is 6.61 Å². The number of ether oxygens (including phenoxy) is 3. The summed E-state index contributed by atoms with van der Waals surface area (Å²) < 4.78 is 21.1. The van der Waals surface area contributed by atoms with Crippen molar-refractivity contribution in [2.75, 3.05) is 20.3 Å². The van der Waals surface area contributed by atoms with E-state index in [-0.39, 0.29) is 31.9 Å². The molecule has 0 amide bonds. The largest absolute Gasteiger partial charge is 0.377 e. The first-order valence-electron chi connectivity index (χ1n) is 14.4. The van der Waals surface area contributed by atoms with Crippen LogP contribution < -0.4 is 11.2 Å². The Hall–Kier alpha value is -4.56. The summed E-state index contributed by atoms with van der Waals surface area (Å²) in [5.41, 5.74) is 2.25. The third kappa shape index (κ3) is 7.09. The zero-order valence-electron chi connectivity index (χ0n) is 24.3. The number of aromatic nitrogens is 2. The van der Waals surface area contributed by atoms with Gasteiger partial charge in [0.2, 0.25) is 0 Å². The van der Waals surface area contributed by atoms with Crippen LogP contribution in [0.3, 0.4) is 0 Å². The molecule has 1 unspecified atom stereocenters. The summed E-state index contributed by atoms with van der Waals surface area (Å²) in [5, 5.41) is 0. The van der Waals surface area contributed by atoms with E-state index in [0.717, 1.165) is 22.3 Å². The van der Waals surface area contributed by atoms with Crippen LogP contribution in [0.15, 0.2) is 143 Å². The van der Waals surface area contributed by atoms with Crippen molar-refractivity contribution in [1.29, 1.82) is 0 Å². The number of methoxy groups -OCH3 is 1. The molecule has 0 aliphatic rings. The number of hydrogen-bond donors (Lipinski definition) is 0. The highest BCUT2D eigenvalue weighted by molar-refractivity contribution is 5.47. The molecule has 0 bridgehead atoms. The van der Waals surface area contributed by atoms with E-state index >= 15 is 0 Å². The molecule has 5 rings (SSSR count). The Kier molecular flexibility index (Phi) is 10.1. The second-order valence-corrected chi connectivity index (χ2v) is 10.2. The van der Waals surface area contributed by atoms with Gasteiger partial charge in [-0.15, -0.1) is 0 Å². The fourth-order valence-electron chi connectivity index (χ4n) is 5.22. The van der Waals surface area contributed by atoms with Gasteiger partial charge in [-0.3, -0.25) is 13.9 Å². The van der Waals surface area contributed by atoms with Crippen LogP contribution in [-0.2, 0) is 39.5 Å². The molecule has 0 saturated carbocycles. The number of rotatable bonds is 14. The van der Waals surface area contributed by atoms with Crippen LogP contribution in [-0.4, -0.2) is 35.6 Å². The van der Waals surface area contributed by atoms with Crippen molar-refractivity contribution in [3.8, 4) is 0 Å². The fraction of sp³-hybridized carbons (Fsp3) is 0.222. The lowest BCUT2D eigenvalue weighted by Gasteiger charge is -2.37. The van der Waals surface area contributed by atoms with Gasteiger partial charge in [-0.05, 0) is 22.3 Å². The monoisotopic (exact) mass is 576 g/mol. The van der Waals surface area contributed by atoms with Crippen LogP contribution in [0.5, 0.6) is 0 Å². The first-order valence-corrected chi connectivity index (χ1v) is 14.4. The minimum absolute atomic E-state index is 0.151.